The highest BCUT2D eigenvalue weighted by Gasteiger charge is 2.40. The minimum absolute atomic E-state index is 0.105. The number of nitrogens with zero attached hydrogens (tertiary/aromatic N) is 1. The quantitative estimate of drug-likeness (QED) is 0.683. The van der Waals surface area contributed by atoms with Crippen LogP contribution in [0, 0.1) is 5.92 Å². The van der Waals surface area contributed by atoms with Crippen molar-refractivity contribution in [2.24, 2.45) is 5.92 Å². The highest BCUT2D eigenvalue weighted by atomic mass is 16.6. The summed E-state index contributed by atoms with van der Waals surface area (Å²) < 4.78 is 10.8. The Morgan fingerprint density at radius 1 is 1.20 bits per heavy atom. The van der Waals surface area contributed by atoms with E-state index in [0.29, 0.717) is 19.4 Å². The SMILES string of the molecule is CCC(C)[C@H](NC(=O)OC(C)(C)C)C(=O)N1CCC[C@@H]1C(=O)OCc1ccccc1. The second kappa shape index (κ2) is 10.5. The molecule has 30 heavy (non-hydrogen) atoms. The second-order valence-electron chi connectivity index (χ2n) is 8.79. The first kappa shape index (κ1) is 23.7. The van der Waals surface area contributed by atoms with E-state index in [1.165, 1.54) is 0 Å². The summed E-state index contributed by atoms with van der Waals surface area (Å²) in [5, 5.41) is 2.71. The Morgan fingerprint density at radius 3 is 2.47 bits per heavy atom. The molecule has 0 spiro atoms. The molecule has 1 N–H and O–H groups in total. The van der Waals surface area contributed by atoms with Crippen molar-refractivity contribution in [1.82, 2.24) is 10.2 Å². The lowest BCUT2D eigenvalue weighted by molar-refractivity contribution is -0.155. The molecule has 2 rings (SSSR count). The minimum Gasteiger partial charge on any atom is -0.459 e. The molecule has 0 aliphatic carbocycles. The summed E-state index contributed by atoms with van der Waals surface area (Å²) in [6.45, 7) is 9.80. The predicted octanol–water partition coefficient (Wildman–Crippen LogP) is 3.66. The van der Waals surface area contributed by atoms with Crippen LogP contribution < -0.4 is 5.32 Å². The van der Waals surface area contributed by atoms with Gasteiger partial charge < -0.3 is 19.7 Å². The van der Waals surface area contributed by atoms with Crippen LogP contribution in [0.25, 0.3) is 0 Å². The van der Waals surface area contributed by atoms with Crippen LogP contribution in [-0.2, 0) is 25.7 Å². The van der Waals surface area contributed by atoms with Crippen molar-refractivity contribution in [2.75, 3.05) is 6.54 Å². The van der Waals surface area contributed by atoms with Gasteiger partial charge in [0.15, 0.2) is 0 Å². The van der Waals surface area contributed by atoms with Gasteiger partial charge in [-0.3, -0.25) is 4.79 Å². The zero-order valence-corrected chi connectivity index (χ0v) is 18.6. The fourth-order valence-electron chi connectivity index (χ4n) is 3.40. The Hall–Kier alpha value is -2.57. The number of rotatable bonds is 7. The fourth-order valence-corrected chi connectivity index (χ4v) is 3.40. The monoisotopic (exact) mass is 418 g/mol. The van der Waals surface area contributed by atoms with E-state index < -0.39 is 29.7 Å². The van der Waals surface area contributed by atoms with E-state index in [2.05, 4.69) is 5.32 Å². The van der Waals surface area contributed by atoms with Crippen LogP contribution in [0.1, 0.15) is 59.4 Å². The number of amides is 2. The topological polar surface area (TPSA) is 84.9 Å². The highest BCUT2D eigenvalue weighted by molar-refractivity contribution is 5.90. The number of hydrogen-bond acceptors (Lipinski definition) is 5. The maximum atomic E-state index is 13.3. The van der Waals surface area contributed by atoms with Gasteiger partial charge in [0.1, 0.15) is 24.3 Å². The molecule has 1 unspecified atom stereocenters. The largest absolute Gasteiger partial charge is 0.459 e. The maximum absolute atomic E-state index is 13.3. The molecule has 1 fully saturated rings. The number of ether oxygens (including phenoxy) is 2. The van der Waals surface area contributed by atoms with Gasteiger partial charge in [0.2, 0.25) is 5.91 Å². The second-order valence-corrected chi connectivity index (χ2v) is 8.79. The Labute approximate surface area is 179 Å². The van der Waals surface area contributed by atoms with Crippen LogP contribution in [0.4, 0.5) is 4.79 Å². The Morgan fingerprint density at radius 2 is 1.87 bits per heavy atom. The molecule has 7 heteroatoms. The lowest BCUT2D eigenvalue weighted by atomic mass is 9.97. The number of carbonyl (C=O) groups is 3. The number of carbonyl (C=O) groups excluding carboxylic acids is 3. The van der Waals surface area contributed by atoms with Crippen molar-refractivity contribution in [2.45, 2.75) is 78.2 Å². The van der Waals surface area contributed by atoms with Crippen LogP contribution in [0.5, 0.6) is 0 Å². The molecular formula is C23H34N2O5. The summed E-state index contributed by atoms with van der Waals surface area (Å²) in [4.78, 5) is 39.8. The van der Waals surface area contributed by atoms with Crippen molar-refractivity contribution in [1.29, 1.82) is 0 Å². The van der Waals surface area contributed by atoms with Gasteiger partial charge in [-0.25, -0.2) is 9.59 Å². The van der Waals surface area contributed by atoms with Gasteiger partial charge >= 0.3 is 12.1 Å². The van der Waals surface area contributed by atoms with E-state index in [9.17, 15) is 14.4 Å². The van der Waals surface area contributed by atoms with Gasteiger partial charge in [-0.15, -0.1) is 0 Å². The van der Waals surface area contributed by atoms with Gasteiger partial charge in [0.05, 0.1) is 0 Å². The first-order valence-electron chi connectivity index (χ1n) is 10.6. The van der Waals surface area contributed by atoms with E-state index in [1.54, 1.807) is 25.7 Å². The number of benzene rings is 1. The Kier molecular flexibility index (Phi) is 8.26. The Bertz CT molecular complexity index is 729. The molecule has 1 aliphatic heterocycles. The lowest BCUT2D eigenvalue weighted by Gasteiger charge is -2.31. The average Bonchev–Trinajstić information content (AvgIpc) is 3.18. The third-order valence-electron chi connectivity index (χ3n) is 5.18. The predicted molar refractivity (Wildman–Crippen MR) is 114 cm³/mol. The normalized spacial score (nSPS) is 18.4. The van der Waals surface area contributed by atoms with Crippen LogP contribution in [0.15, 0.2) is 30.3 Å². The third-order valence-corrected chi connectivity index (χ3v) is 5.18. The van der Waals surface area contributed by atoms with Gasteiger partial charge in [-0.1, -0.05) is 50.6 Å². The van der Waals surface area contributed by atoms with Gasteiger partial charge in [0, 0.05) is 6.54 Å². The average molecular weight is 419 g/mol. The van der Waals surface area contributed by atoms with Gasteiger partial charge in [-0.05, 0) is 45.1 Å². The zero-order chi connectivity index (χ0) is 22.3. The number of alkyl carbamates (subject to hydrolysis) is 1. The maximum Gasteiger partial charge on any atom is 0.408 e. The summed E-state index contributed by atoms with van der Waals surface area (Å²) in [6, 6.07) is 8.04. The van der Waals surface area contributed by atoms with Crippen LogP contribution >= 0.6 is 0 Å². The summed E-state index contributed by atoms with van der Waals surface area (Å²) >= 11 is 0. The Balaban J connectivity index is 2.05. The molecule has 7 nitrogen and oxygen atoms in total. The van der Waals surface area contributed by atoms with Crippen LogP contribution in [0.3, 0.4) is 0 Å². The van der Waals surface area contributed by atoms with Crippen molar-refractivity contribution >= 4 is 18.0 Å². The molecule has 166 valence electrons. The number of nitrogens with one attached hydrogen (secondary N) is 1. The van der Waals surface area contributed by atoms with Crippen LogP contribution in [0.2, 0.25) is 0 Å². The molecule has 1 heterocycles. The molecule has 1 aliphatic rings. The summed E-state index contributed by atoms with van der Waals surface area (Å²) in [7, 11) is 0. The molecule has 0 radical (unpaired) electrons. The van der Waals surface area contributed by atoms with Crippen molar-refractivity contribution in [3.63, 3.8) is 0 Å². The first-order chi connectivity index (χ1) is 14.1. The fraction of sp³-hybridized carbons (Fsp3) is 0.609. The highest BCUT2D eigenvalue weighted by Crippen LogP contribution is 2.23. The molecule has 0 aromatic heterocycles. The van der Waals surface area contributed by atoms with E-state index in [1.807, 2.05) is 44.2 Å². The molecule has 1 aromatic carbocycles. The lowest BCUT2D eigenvalue weighted by Crippen LogP contribution is -2.55. The van der Waals surface area contributed by atoms with Crippen molar-refractivity contribution in [3.8, 4) is 0 Å². The number of hydrogen-bond donors (Lipinski definition) is 1. The smallest absolute Gasteiger partial charge is 0.408 e. The molecule has 0 bridgehead atoms. The first-order valence-corrected chi connectivity index (χ1v) is 10.6. The third kappa shape index (κ3) is 6.75. The van der Waals surface area contributed by atoms with E-state index >= 15 is 0 Å². The summed E-state index contributed by atoms with van der Waals surface area (Å²) in [6.07, 6.45) is 1.34. The van der Waals surface area contributed by atoms with Gasteiger partial charge in [0.25, 0.3) is 0 Å². The van der Waals surface area contributed by atoms with Gasteiger partial charge in [-0.2, -0.15) is 0 Å². The molecule has 2 amide bonds. The number of esters is 1. The van der Waals surface area contributed by atoms with Crippen molar-refractivity contribution in [3.05, 3.63) is 35.9 Å². The molecular weight excluding hydrogens is 384 g/mol. The van der Waals surface area contributed by atoms with E-state index in [4.69, 9.17) is 9.47 Å². The standard InChI is InChI=1S/C23H34N2O5/c1-6-16(2)19(24-22(28)30-23(3,4)5)20(26)25-14-10-13-18(25)21(27)29-15-17-11-8-7-9-12-17/h7-9,11-12,16,18-19H,6,10,13-15H2,1-5H3,(H,24,28)/t16?,18-,19+/m1/s1. The molecule has 1 saturated heterocycles. The van der Waals surface area contributed by atoms with E-state index in [0.717, 1.165) is 12.0 Å². The minimum atomic E-state index is -0.757. The van der Waals surface area contributed by atoms with E-state index in [-0.39, 0.29) is 18.4 Å². The summed E-state index contributed by atoms with van der Waals surface area (Å²) in [5.74, 6) is -0.786. The molecule has 3 atom stereocenters. The molecule has 1 aromatic rings. The molecule has 0 saturated carbocycles. The van der Waals surface area contributed by atoms with Crippen LogP contribution in [-0.4, -0.2) is 47.1 Å². The zero-order valence-electron chi connectivity index (χ0n) is 18.6. The summed E-state index contributed by atoms with van der Waals surface area (Å²) in [5.41, 5.74) is 0.232. The number of likely N-dealkylation sites (tertiary alicyclic amines) is 1. The van der Waals surface area contributed by atoms with Crippen molar-refractivity contribution < 1.29 is 23.9 Å².